The number of hydrogen-bond donors (Lipinski definition) is 4. The molecule has 0 spiro atoms. The first-order valence-electron chi connectivity index (χ1n) is 4.08. The minimum atomic E-state index is -0.250. The molecule has 1 unspecified atom stereocenters. The van der Waals surface area contributed by atoms with E-state index in [4.69, 9.17) is 5.73 Å². The van der Waals surface area contributed by atoms with Crippen molar-refractivity contribution in [2.75, 3.05) is 7.05 Å². The van der Waals surface area contributed by atoms with Crippen molar-refractivity contribution in [1.82, 2.24) is 15.8 Å². The van der Waals surface area contributed by atoms with Crippen LogP contribution in [0.3, 0.4) is 0 Å². The minimum Gasteiger partial charge on any atom is -0.367 e. The van der Waals surface area contributed by atoms with E-state index >= 15 is 0 Å². The number of nitrogens with one attached hydrogen (secondary N) is 3. The molecule has 0 saturated heterocycles. The van der Waals surface area contributed by atoms with Gasteiger partial charge < -0.3 is 10.7 Å². The topological polar surface area (TPSA) is 82.9 Å². The van der Waals surface area contributed by atoms with Gasteiger partial charge in [0.15, 0.2) is 0 Å². The highest BCUT2D eigenvalue weighted by atomic mass is 16.2. The van der Waals surface area contributed by atoms with Crippen LogP contribution in [0.25, 0.3) is 0 Å². The van der Waals surface area contributed by atoms with Gasteiger partial charge in [0.05, 0.1) is 0 Å². The fourth-order valence-corrected chi connectivity index (χ4v) is 1.08. The Morgan fingerprint density at radius 2 is 2.54 bits per heavy atom. The second kappa shape index (κ2) is 4.64. The van der Waals surface area contributed by atoms with E-state index in [2.05, 4.69) is 15.8 Å². The second-order valence-corrected chi connectivity index (χ2v) is 2.75. The number of nitrogens with two attached hydrogens (primary N) is 1. The third-order valence-corrected chi connectivity index (χ3v) is 1.72. The Bertz CT molecular complexity index is 257. The number of hydrazine groups is 1. The minimum absolute atomic E-state index is 0.115. The number of carbonyl (C=O) groups excluding carboxylic acids is 1. The maximum absolute atomic E-state index is 11.1. The molecule has 5 N–H and O–H groups in total. The van der Waals surface area contributed by atoms with Crippen molar-refractivity contribution in [1.29, 1.82) is 0 Å². The molecule has 0 aromatic carbocycles. The summed E-state index contributed by atoms with van der Waals surface area (Å²) in [6, 6.07) is 1.61. The maximum atomic E-state index is 11.1. The second-order valence-electron chi connectivity index (χ2n) is 2.75. The standard InChI is InChI=1S/C8H14N4O/c1-10-12-8(13)4-7(9)6-2-3-11-5-6/h2-3,5,7,10-11H,4,9H2,1H3,(H,12,13). The zero-order valence-corrected chi connectivity index (χ0v) is 7.50. The van der Waals surface area contributed by atoms with E-state index in [1.807, 2.05) is 6.07 Å². The molecule has 1 aromatic rings. The molecule has 1 atom stereocenters. The molecule has 0 aliphatic rings. The van der Waals surface area contributed by atoms with Gasteiger partial charge in [0, 0.05) is 31.9 Å². The van der Waals surface area contributed by atoms with Crippen molar-refractivity contribution in [3.8, 4) is 0 Å². The van der Waals surface area contributed by atoms with Crippen LogP contribution < -0.4 is 16.6 Å². The first-order valence-corrected chi connectivity index (χ1v) is 4.08. The summed E-state index contributed by atoms with van der Waals surface area (Å²) in [6.07, 6.45) is 3.85. The number of rotatable bonds is 4. The van der Waals surface area contributed by atoms with Crippen LogP contribution in [0.2, 0.25) is 0 Å². The lowest BCUT2D eigenvalue weighted by Crippen LogP contribution is -2.35. The Kier molecular flexibility index (Phi) is 3.48. The van der Waals surface area contributed by atoms with Crippen LogP contribution in [0.5, 0.6) is 0 Å². The van der Waals surface area contributed by atoms with Crippen LogP contribution in [-0.4, -0.2) is 17.9 Å². The van der Waals surface area contributed by atoms with Crippen molar-refractivity contribution < 1.29 is 4.79 Å². The Hall–Kier alpha value is -1.33. The first-order chi connectivity index (χ1) is 6.24. The molecule has 1 aromatic heterocycles. The number of aromatic amines is 1. The maximum Gasteiger partial charge on any atom is 0.235 e. The summed E-state index contributed by atoms with van der Waals surface area (Å²) in [5.74, 6) is -0.115. The lowest BCUT2D eigenvalue weighted by molar-refractivity contribution is -0.122. The van der Waals surface area contributed by atoms with Gasteiger partial charge in [-0.05, 0) is 11.6 Å². The van der Waals surface area contributed by atoms with Crippen molar-refractivity contribution in [3.63, 3.8) is 0 Å². The molecule has 0 aliphatic carbocycles. The Labute approximate surface area is 76.7 Å². The molecule has 0 fully saturated rings. The summed E-state index contributed by atoms with van der Waals surface area (Å²) in [7, 11) is 1.64. The molecular formula is C8H14N4O. The summed E-state index contributed by atoms with van der Waals surface area (Å²) in [5.41, 5.74) is 11.7. The number of carbonyl (C=O) groups is 1. The average Bonchev–Trinajstić information content (AvgIpc) is 2.55. The normalized spacial score (nSPS) is 12.5. The van der Waals surface area contributed by atoms with Gasteiger partial charge in [-0.15, -0.1) is 0 Å². The molecule has 0 aliphatic heterocycles. The molecule has 72 valence electrons. The van der Waals surface area contributed by atoms with Crippen LogP contribution >= 0.6 is 0 Å². The Morgan fingerprint density at radius 1 is 1.77 bits per heavy atom. The Balaban J connectivity index is 2.42. The third kappa shape index (κ3) is 2.89. The lowest BCUT2D eigenvalue weighted by Gasteiger charge is -2.09. The largest absolute Gasteiger partial charge is 0.367 e. The third-order valence-electron chi connectivity index (χ3n) is 1.72. The molecule has 1 heterocycles. The van der Waals surface area contributed by atoms with Crippen LogP contribution in [0.15, 0.2) is 18.5 Å². The van der Waals surface area contributed by atoms with Crippen molar-refractivity contribution in [2.24, 2.45) is 5.73 Å². The summed E-state index contributed by atoms with van der Waals surface area (Å²) in [6.45, 7) is 0. The van der Waals surface area contributed by atoms with E-state index in [9.17, 15) is 4.79 Å². The lowest BCUT2D eigenvalue weighted by atomic mass is 10.1. The van der Waals surface area contributed by atoms with E-state index in [-0.39, 0.29) is 18.4 Å². The molecule has 1 rings (SSSR count). The van der Waals surface area contributed by atoms with Crippen LogP contribution in [0.4, 0.5) is 0 Å². The molecule has 0 radical (unpaired) electrons. The zero-order chi connectivity index (χ0) is 9.68. The van der Waals surface area contributed by atoms with Gasteiger partial charge in [-0.3, -0.25) is 10.2 Å². The fourth-order valence-electron chi connectivity index (χ4n) is 1.08. The quantitative estimate of drug-likeness (QED) is 0.480. The van der Waals surface area contributed by atoms with E-state index in [0.717, 1.165) is 5.56 Å². The number of aromatic nitrogens is 1. The van der Waals surface area contributed by atoms with Crippen molar-refractivity contribution in [3.05, 3.63) is 24.0 Å². The van der Waals surface area contributed by atoms with E-state index in [1.165, 1.54) is 0 Å². The molecule has 13 heavy (non-hydrogen) atoms. The highest BCUT2D eigenvalue weighted by molar-refractivity contribution is 5.76. The number of amides is 1. The van der Waals surface area contributed by atoms with Gasteiger partial charge in [-0.25, -0.2) is 5.43 Å². The summed E-state index contributed by atoms with van der Waals surface area (Å²) in [5, 5.41) is 0. The highest BCUT2D eigenvalue weighted by Gasteiger charge is 2.10. The predicted octanol–water partition coefficient (Wildman–Crippen LogP) is -0.345. The SMILES string of the molecule is CNNC(=O)CC(N)c1cc[nH]c1. The number of H-pyrrole nitrogens is 1. The molecular weight excluding hydrogens is 168 g/mol. The molecule has 0 saturated carbocycles. The smallest absolute Gasteiger partial charge is 0.235 e. The first kappa shape index (κ1) is 9.76. The van der Waals surface area contributed by atoms with Crippen LogP contribution in [0.1, 0.15) is 18.0 Å². The zero-order valence-electron chi connectivity index (χ0n) is 7.50. The van der Waals surface area contributed by atoms with Gasteiger partial charge in [-0.1, -0.05) is 0 Å². The van der Waals surface area contributed by atoms with Gasteiger partial charge >= 0.3 is 0 Å². The number of hydrogen-bond acceptors (Lipinski definition) is 3. The van der Waals surface area contributed by atoms with Crippen LogP contribution in [-0.2, 0) is 4.79 Å². The average molecular weight is 182 g/mol. The van der Waals surface area contributed by atoms with Crippen molar-refractivity contribution >= 4 is 5.91 Å². The van der Waals surface area contributed by atoms with Gasteiger partial charge in [0.1, 0.15) is 0 Å². The predicted molar refractivity (Wildman–Crippen MR) is 49.5 cm³/mol. The molecule has 0 bridgehead atoms. The molecule has 1 amide bonds. The molecule has 5 heteroatoms. The van der Waals surface area contributed by atoms with E-state index < -0.39 is 0 Å². The van der Waals surface area contributed by atoms with Gasteiger partial charge in [0.25, 0.3) is 0 Å². The molecule has 5 nitrogen and oxygen atoms in total. The van der Waals surface area contributed by atoms with Crippen molar-refractivity contribution in [2.45, 2.75) is 12.5 Å². The summed E-state index contributed by atoms with van der Waals surface area (Å²) in [4.78, 5) is 14.0. The fraction of sp³-hybridized carbons (Fsp3) is 0.375. The summed E-state index contributed by atoms with van der Waals surface area (Å²) < 4.78 is 0. The van der Waals surface area contributed by atoms with Crippen LogP contribution in [0, 0.1) is 0 Å². The Morgan fingerprint density at radius 3 is 3.08 bits per heavy atom. The van der Waals surface area contributed by atoms with E-state index in [1.54, 1.807) is 19.4 Å². The van der Waals surface area contributed by atoms with Gasteiger partial charge in [0.2, 0.25) is 5.91 Å². The van der Waals surface area contributed by atoms with Gasteiger partial charge in [-0.2, -0.15) is 0 Å². The summed E-state index contributed by atoms with van der Waals surface area (Å²) >= 11 is 0. The highest BCUT2D eigenvalue weighted by Crippen LogP contribution is 2.11. The van der Waals surface area contributed by atoms with E-state index in [0.29, 0.717) is 0 Å². The monoisotopic (exact) mass is 182 g/mol.